The van der Waals surface area contributed by atoms with Gasteiger partial charge in [0.2, 0.25) is 0 Å². The molecule has 0 aliphatic heterocycles. The van der Waals surface area contributed by atoms with Crippen molar-refractivity contribution in [2.24, 2.45) is 0 Å². The van der Waals surface area contributed by atoms with Gasteiger partial charge in [-0.3, -0.25) is 0 Å². The molecule has 2 atom stereocenters. The summed E-state index contributed by atoms with van der Waals surface area (Å²) in [5.41, 5.74) is 3.19. The second-order valence-corrected chi connectivity index (χ2v) is 19.3. The van der Waals surface area contributed by atoms with Crippen molar-refractivity contribution in [1.29, 1.82) is 0 Å². The summed E-state index contributed by atoms with van der Waals surface area (Å²) in [6, 6.07) is 27.1. The first kappa shape index (κ1) is 33.0. The van der Waals surface area contributed by atoms with Gasteiger partial charge in [-0.2, -0.15) is 12.1 Å². The van der Waals surface area contributed by atoms with Crippen molar-refractivity contribution in [3.8, 4) is 0 Å². The molecule has 202 valence electrons. The van der Waals surface area contributed by atoms with Crippen LogP contribution in [0.1, 0.15) is 68.2 Å². The molecule has 0 spiro atoms. The van der Waals surface area contributed by atoms with Crippen LogP contribution in [0.5, 0.6) is 0 Å². The summed E-state index contributed by atoms with van der Waals surface area (Å²) < 4.78 is 0. The molecule has 2 unspecified atom stereocenters. The Balaban J connectivity index is 0.000000237. The molecule has 37 heavy (non-hydrogen) atoms. The third-order valence-electron chi connectivity index (χ3n) is 7.05. The van der Waals surface area contributed by atoms with E-state index < -0.39 is 17.0 Å². The van der Waals surface area contributed by atoms with Gasteiger partial charge in [0.15, 0.2) is 0 Å². The van der Waals surface area contributed by atoms with Crippen LogP contribution in [0.15, 0.2) is 72.8 Å². The van der Waals surface area contributed by atoms with Crippen LogP contribution in [0.2, 0.25) is 0 Å². The van der Waals surface area contributed by atoms with Gasteiger partial charge in [0.05, 0.1) is 0 Å². The van der Waals surface area contributed by atoms with Gasteiger partial charge in [0.1, 0.15) is 0 Å². The van der Waals surface area contributed by atoms with Crippen molar-refractivity contribution in [2.45, 2.75) is 90.9 Å². The van der Waals surface area contributed by atoms with Crippen LogP contribution >= 0.6 is 34.5 Å². The molecule has 5 heteroatoms. The van der Waals surface area contributed by atoms with Gasteiger partial charge < -0.3 is 0 Å². The van der Waals surface area contributed by atoms with Gasteiger partial charge >= 0.3 is 35.6 Å². The van der Waals surface area contributed by atoms with Gasteiger partial charge in [-0.1, -0.05) is 83.4 Å². The molecule has 0 aromatic heterocycles. The third-order valence-corrected chi connectivity index (χ3v) is 13.6. The van der Waals surface area contributed by atoms with Gasteiger partial charge in [-0.25, -0.2) is 0 Å². The SMILES string of the molecule is CC(C)P(c1cc2ccccc2[cH-]1)C(C)C.CCC(C)P(c1cc2ccccc2[cH-]1)C(C)CC.[Cl][Ti][Cl]. The second-order valence-electron chi connectivity index (χ2n) is 10.3. The Kier molecular flexibility index (Phi) is 15.0. The summed E-state index contributed by atoms with van der Waals surface area (Å²) in [6.07, 6.45) is 2.58. The fourth-order valence-electron chi connectivity index (χ4n) is 5.10. The topological polar surface area (TPSA) is 0 Å². The van der Waals surface area contributed by atoms with Crippen molar-refractivity contribution in [1.82, 2.24) is 0 Å². The van der Waals surface area contributed by atoms with E-state index in [0.717, 1.165) is 22.6 Å². The number of hydrogen-bond donors (Lipinski definition) is 0. The van der Waals surface area contributed by atoms with E-state index in [0.29, 0.717) is 0 Å². The van der Waals surface area contributed by atoms with Gasteiger partial charge in [-0.15, -0.1) is 80.7 Å². The molecule has 0 saturated heterocycles. The number of halogens is 2. The fourth-order valence-corrected chi connectivity index (χ4v) is 11.3. The van der Waals surface area contributed by atoms with Crippen LogP contribution in [-0.4, -0.2) is 22.6 Å². The van der Waals surface area contributed by atoms with E-state index in [4.69, 9.17) is 18.6 Å². The maximum atomic E-state index is 4.89. The molecular formula is C32H44Cl2P2Ti-2. The molecule has 0 heterocycles. The van der Waals surface area contributed by atoms with Crippen molar-refractivity contribution < 1.29 is 17.0 Å². The van der Waals surface area contributed by atoms with Crippen molar-refractivity contribution in [2.75, 3.05) is 0 Å². The van der Waals surface area contributed by atoms with Crippen LogP contribution in [-0.2, 0) is 17.0 Å². The average molecular weight is 609 g/mol. The molecule has 0 saturated carbocycles. The Morgan fingerprint density at radius 3 is 1.32 bits per heavy atom. The molecule has 0 aliphatic rings. The first-order valence-electron chi connectivity index (χ1n) is 13.5. The first-order chi connectivity index (χ1) is 17.7. The zero-order valence-corrected chi connectivity index (χ0v) is 28.7. The predicted octanol–water partition coefficient (Wildman–Crippen LogP) is 11.1. The summed E-state index contributed by atoms with van der Waals surface area (Å²) >= 11 is -0.556. The Morgan fingerprint density at radius 1 is 0.649 bits per heavy atom. The molecule has 0 fully saturated rings. The summed E-state index contributed by atoms with van der Waals surface area (Å²) in [7, 11) is 9.73. The number of rotatable bonds is 8. The Morgan fingerprint density at radius 2 is 1.00 bits per heavy atom. The normalized spacial score (nSPS) is 13.8. The van der Waals surface area contributed by atoms with Crippen LogP contribution in [0, 0.1) is 0 Å². The van der Waals surface area contributed by atoms with E-state index in [-0.39, 0.29) is 15.8 Å². The standard InChI is InChI=1S/C17H24P.C15H20P.2ClH.Ti/c1-5-13(3)18(14(4)6-2)17-11-15-9-7-8-10-16(15)12-17;1-11(2)16(12(3)4)15-9-13-7-5-6-8-14(13)10-15;;;/h7-14H,5-6H2,1-4H3;5-12H,1-4H3;2*1H;/q2*-1;;;+2/p-2. The monoisotopic (exact) mass is 608 g/mol. The zero-order chi connectivity index (χ0) is 27.5. The van der Waals surface area contributed by atoms with Gasteiger partial charge in [0.25, 0.3) is 0 Å². The minimum absolute atomic E-state index is 0.0206. The maximum absolute atomic E-state index is 4.89. The van der Waals surface area contributed by atoms with Gasteiger partial charge in [0, 0.05) is 0 Å². The van der Waals surface area contributed by atoms with E-state index in [1.807, 2.05) is 0 Å². The molecule has 0 amide bonds. The quantitative estimate of drug-likeness (QED) is 0.106. The van der Waals surface area contributed by atoms with Crippen molar-refractivity contribution >= 4 is 66.6 Å². The van der Waals surface area contributed by atoms with Crippen LogP contribution in [0.3, 0.4) is 0 Å². The van der Waals surface area contributed by atoms with Crippen LogP contribution < -0.4 is 10.6 Å². The summed E-state index contributed by atoms with van der Waals surface area (Å²) in [5.74, 6) is 0. The Labute approximate surface area is 245 Å². The predicted molar refractivity (Wildman–Crippen MR) is 174 cm³/mol. The first-order valence-corrected chi connectivity index (χ1v) is 20.8. The molecule has 0 bridgehead atoms. The summed E-state index contributed by atoms with van der Waals surface area (Å²) in [6.45, 7) is 18.9. The van der Waals surface area contributed by atoms with E-state index in [2.05, 4.69) is 128 Å². The second kappa shape index (κ2) is 16.8. The summed E-state index contributed by atoms with van der Waals surface area (Å²) in [4.78, 5) is 0. The van der Waals surface area contributed by atoms with E-state index in [1.54, 1.807) is 10.6 Å². The summed E-state index contributed by atoms with van der Waals surface area (Å²) in [5, 5.41) is 8.78. The van der Waals surface area contributed by atoms with Crippen LogP contribution in [0.4, 0.5) is 0 Å². The van der Waals surface area contributed by atoms with E-state index >= 15 is 0 Å². The fraction of sp³-hybridized carbons (Fsp3) is 0.438. The zero-order valence-electron chi connectivity index (χ0n) is 23.8. The Hall–Kier alpha value is -0.186. The third kappa shape index (κ3) is 9.45. The number of fused-ring (bicyclic) bond motifs is 2. The number of benzene rings is 2. The van der Waals surface area contributed by atoms with E-state index in [9.17, 15) is 0 Å². The van der Waals surface area contributed by atoms with Crippen molar-refractivity contribution in [3.05, 3.63) is 72.8 Å². The molecule has 0 aliphatic carbocycles. The molecule has 0 radical (unpaired) electrons. The van der Waals surface area contributed by atoms with Crippen molar-refractivity contribution in [3.63, 3.8) is 0 Å². The number of hydrogen-bond acceptors (Lipinski definition) is 0. The molecule has 4 aromatic carbocycles. The molecule has 4 aromatic rings. The molecule has 4 rings (SSSR count). The van der Waals surface area contributed by atoms with E-state index in [1.165, 1.54) is 34.4 Å². The average Bonchev–Trinajstić information content (AvgIpc) is 3.48. The van der Waals surface area contributed by atoms with Crippen LogP contribution in [0.25, 0.3) is 21.5 Å². The van der Waals surface area contributed by atoms with Gasteiger partial charge in [-0.05, 0) is 35.5 Å². The Bertz CT molecular complexity index is 1100. The molecule has 0 N–H and O–H groups in total. The molecule has 0 nitrogen and oxygen atoms in total. The minimum atomic E-state index is -0.556. The molecular weight excluding hydrogens is 565 g/mol.